The monoisotopic (exact) mass is 287 g/mol. The zero-order valence-corrected chi connectivity index (χ0v) is 13.0. The number of benzene rings is 1. The highest BCUT2D eigenvalue weighted by atomic mass is 16.7. The quantitative estimate of drug-likeness (QED) is 0.591. The van der Waals surface area contributed by atoms with E-state index >= 15 is 0 Å². The van der Waals surface area contributed by atoms with Crippen molar-refractivity contribution >= 4 is 0 Å². The fraction of sp³-hybridized carbons (Fsp3) is 0.556. The molecule has 0 radical (unpaired) electrons. The van der Waals surface area contributed by atoms with E-state index in [1.54, 1.807) is 14.2 Å². The molecule has 1 aromatic rings. The van der Waals surface area contributed by atoms with Gasteiger partial charge in [0.05, 0.1) is 0 Å². The Hall–Kier alpha value is -1.16. The minimum Gasteiger partial charge on any atom is -0.356 e. The van der Waals surface area contributed by atoms with E-state index < -0.39 is 0 Å². The Morgan fingerprint density at radius 2 is 1.90 bits per heavy atom. The third-order valence-electron chi connectivity index (χ3n) is 4.78. The summed E-state index contributed by atoms with van der Waals surface area (Å²) in [5, 5.41) is 0. The summed E-state index contributed by atoms with van der Waals surface area (Å²) in [5.74, 6) is 0. The topological polar surface area (TPSA) is 21.7 Å². The summed E-state index contributed by atoms with van der Waals surface area (Å²) in [6.07, 6.45) is 7.01. The summed E-state index contributed by atoms with van der Waals surface area (Å²) in [6, 6.07) is 12.1. The maximum absolute atomic E-state index is 5.34. The van der Waals surface area contributed by atoms with Gasteiger partial charge in [-0.25, -0.2) is 0 Å². The molecule has 0 N–H and O–H groups in total. The molecular weight excluding hydrogens is 262 g/mol. The molecule has 3 rings (SSSR count). The van der Waals surface area contributed by atoms with Gasteiger partial charge in [0.15, 0.2) is 6.29 Å². The number of methoxy groups -OCH3 is 2. The van der Waals surface area contributed by atoms with E-state index in [1.807, 2.05) is 0 Å². The molecule has 114 valence electrons. The van der Waals surface area contributed by atoms with Crippen molar-refractivity contribution in [2.45, 2.75) is 50.6 Å². The van der Waals surface area contributed by atoms with Crippen molar-refractivity contribution in [3.63, 3.8) is 0 Å². The van der Waals surface area contributed by atoms with Gasteiger partial charge in [0.25, 0.3) is 0 Å². The predicted octanol–water partition coefficient (Wildman–Crippen LogP) is 3.36. The Balaban J connectivity index is 1.66. The van der Waals surface area contributed by atoms with Crippen LogP contribution in [0.15, 0.2) is 42.0 Å². The summed E-state index contributed by atoms with van der Waals surface area (Å²) in [7, 11) is 3.43. The number of fused-ring (bicyclic) bond motifs is 2. The molecule has 0 aromatic heterocycles. The van der Waals surface area contributed by atoms with Crippen LogP contribution in [0.1, 0.15) is 31.2 Å². The van der Waals surface area contributed by atoms with Crippen molar-refractivity contribution < 1.29 is 9.47 Å². The Morgan fingerprint density at radius 3 is 2.57 bits per heavy atom. The molecule has 2 atom stereocenters. The standard InChI is InChI=1S/C18H25NO2/c1-20-18(21-2)12-15-10-16-8-9-17(11-15)19(16)13-14-6-4-3-5-7-14/h3-7,10,16-18H,8-9,11-13H2,1-2H3. The lowest BCUT2D eigenvalue weighted by Gasteiger charge is -2.34. The van der Waals surface area contributed by atoms with Gasteiger partial charge in [0, 0.05) is 39.3 Å². The average Bonchev–Trinajstić information content (AvgIpc) is 2.75. The number of rotatable bonds is 6. The molecule has 1 fully saturated rings. The summed E-state index contributed by atoms with van der Waals surface area (Å²) in [6.45, 7) is 1.07. The maximum Gasteiger partial charge on any atom is 0.160 e. The lowest BCUT2D eigenvalue weighted by Crippen LogP contribution is -2.38. The van der Waals surface area contributed by atoms with Crippen LogP contribution in [0.4, 0.5) is 0 Å². The molecule has 3 nitrogen and oxygen atoms in total. The van der Waals surface area contributed by atoms with E-state index in [0.29, 0.717) is 12.1 Å². The third-order valence-corrected chi connectivity index (χ3v) is 4.78. The van der Waals surface area contributed by atoms with Gasteiger partial charge in [-0.3, -0.25) is 4.90 Å². The van der Waals surface area contributed by atoms with Gasteiger partial charge in [0.2, 0.25) is 0 Å². The molecular formula is C18H25NO2. The van der Waals surface area contributed by atoms with E-state index in [0.717, 1.165) is 19.4 Å². The second-order valence-electron chi connectivity index (χ2n) is 6.09. The third kappa shape index (κ3) is 3.37. The first kappa shape index (κ1) is 14.8. The minimum atomic E-state index is -0.101. The highest BCUT2D eigenvalue weighted by molar-refractivity contribution is 5.21. The molecule has 2 bridgehead atoms. The highest BCUT2D eigenvalue weighted by Gasteiger charge is 2.36. The lowest BCUT2D eigenvalue weighted by atomic mass is 9.97. The molecule has 1 aromatic carbocycles. The number of nitrogens with zero attached hydrogens (tertiary/aromatic N) is 1. The Labute approximate surface area is 127 Å². The maximum atomic E-state index is 5.34. The van der Waals surface area contributed by atoms with Crippen LogP contribution in [-0.4, -0.2) is 37.5 Å². The van der Waals surface area contributed by atoms with Gasteiger partial charge in [-0.2, -0.15) is 0 Å². The second kappa shape index (κ2) is 6.73. The van der Waals surface area contributed by atoms with Gasteiger partial charge >= 0.3 is 0 Å². The van der Waals surface area contributed by atoms with Gasteiger partial charge < -0.3 is 9.47 Å². The van der Waals surface area contributed by atoms with Gasteiger partial charge in [-0.1, -0.05) is 42.0 Å². The Kier molecular flexibility index (Phi) is 4.73. The molecule has 0 amide bonds. The molecule has 2 aliphatic heterocycles. The van der Waals surface area contributed by atoms with Crippen molar-refractivity contribution in [1.29, 1.82) is 0 Å². The first-order valence-corrected chi connectivity index (χ1v) is 7.85. The Morgan fingerprint density at radius 1 is 1.14 bits per heavy atom. The lowest BCUT2D eigenvalue weighted by molar-refractivity contribution is -0.101. The minimum absolute atomic E-state index is 0.101. The molecule has 2 heterocycles. The van der Waals surface area contributed by atoms with Crippen LogP contribution in [-0.2, 0) is 16.0 Å². The van der Waals surface area contributed by atoms with Gasteiger partial charge in [0.1, 0.15) is 0 Å². The smallest absolute Gasteiger partial charge is 0.160 e. The normalized spacial score (nSPS) is 25.4. The first-order chi connectivity index (χ1) is 10.3. The van der Waals surface area contributed by atoms with Crippen molar-refractivity contribution in [1.82, 2.24) is 4.90 Å². The summed E-state index contributed by atoms with van der Waals surface area (Å²) < 4.78 is 10.7. The van der Waals surface area contributed by atoms with E-state index in [1.165, 1.54) is 24.0 Å². The molecule has 2 unspecified atom stereocenters. The first-order valence-electron chi connectivity index (χ1n) is 7.85. The molecule has 21 heavy (non-hydrogen) atoms. The van der Waals surface area contributed by atoms with Crippen LogP contribution < -0.4 is 0 Å². The van der Waals surface area contributed by atoms with E-state index in [4.69, 9.17) is 9.47 Å². The molecule has 0 saturated carbocycles. The number of ether oxygens (including phenoxy) is 2. The predicted molar refractivity (Wildman–Crippen MR) is 83.9 cm³/mol. The second-order valence-corrected chi connectivity index (χ2v) is 6.09. The number of hydrogen-bond acceptors (Lipinski definition) is 3. The molecule has 2 aliphatic rings. The average molecular weight is 287 g/mol. The van der Waals surface area contributed by atoms with Crippen LogP contribution in [0.3, 0.4) is 0 Å². The van der Waals surface area contributed by atoms with Crippen molar-refractivity contribution in [2.24, 2.45) is 0 Å². The molecule has 0 aliphatic carbocycles. The Bertz CT molecular complexity index is 481. The zero-order valence-electron chi connectivity index (χ0n) is 13.0. The van der Waals surface area contributed by atoms with Gasteiger partial charge in [-0.15, -0.1) is 0 Å². The molecule has 0 spiro atoms. The van der Waals surface area contributed by atoms with E-state index in [-0.39, 0.29) is 6.29 Å². The highest BCUT2D eigenvalue weighted by Crippen LogP contribution is 2.37. The number of hydrogen-bond donors (Lipinski definition) is 0. The van der Waals surface area contributed by atoms with Crippen molar-refractivity contribution in [3.05, 3.63) is 47.5 Å². The summed E-state index contributed by atoms with van der Waals surface area (Å²) >= 11 is 0. The molecule has 3 heteroatoms. The van der Waals surface area contributed by atoms with Crippen LogP contribution >= 0.6 is 0 Å². The fourth-order valence-corrected chi connectivity index (χ4v) is 3.68. The van der Waals surface area contributed by atoms with Crippen LogP contribution in [0, 0.1) is 0 Å². The zero-order chi connectivity index (χ0) is 14.7. The van der Waals surface area contributed by atoms with Crippen LogP contribution in [0.2, 0.25) is 0 Å². The van der Waals surface area contributed by atoms with E-state index in [9.17, 15) is 0 Å². The van der Waals surface area contributed by atoms with Crippen LogP contribution in [0.5, 0.6) is 0 Å². The largest absolute Gasteiger partial charge is 0.356 e. The van der Waals surface area contributed by atoms with Crippen LogP contribution in [0.25, 0.3) is 0 Å². The van der Waals surface area contributed by atoms with Crippen molar-refractivity contribution in [3.8, 4) is 0 Å². The SMILES string of the molecule is COC(CC1=CC2CCC(C1)N2Cc1ccccc1)OC. The molecule has 1 saturated heterocycles. The van der Waals surface area contributed by atoms with E-state index in [2.05, 4.69) is 41.3 Å². The fourth-order valence-electron chi connectivity index (χ4n) is 3.68. The van der Waals surface area contributed by atoms with Crippen molar-refractivity contribution in [2.75, 3.05) is 14.2 Å². The summed E-state index contributed by atoms with van der Waals surface area (Å²) in [4.78, 5) is 2.66. The van der Waals surface area contributed by atoms with Gasteiger partial charge in [-0.05, 0) is 24.8 Å². The summed E-state index contributed by atoms with van der Waals surface area (Å²) in [5.41, 5.74) is 2.92.